The fourth-order valence-electron chi connectivity index (χ4n) is 3.00. The monoisotopic (exact) mass is 313 g/mol. The van der Waals surface area contributed by atoms with Crippen LogP contribution >= 0.6 is 0 Å². The van der Waals surface area contributed by atoms with Crippen LogP contribution in [-0.4, -0.2) is 24.7 Å². The van der Waals surface area contributed by atoms with Gasteiger partial charge >= 0.3 is 0 Å². The third-order valence-corrected chi connectivity index (χ3v) is 4.28. The van der Waals surface area contributed by atoms with E-state index in [9.17, 15) is 4.79 Å². The third-order valence-electron chi connectivity index (χ3n) is 4.28. The third kappa shape index (κ3) is 4.02. The second kappa shape index (κ2) is 7.47. The van der Waals surface area contributed by atoms with Crippen LogP contribution in [0.5, 0.6) is 0 Å². The van der Waals surface area contributed by atoms with Gasteiger partial charge in [-0.05, 0) is 44.2 Å². The van der Waals surface area contributed by atoms with Gasteiger partial charge in [0.2, 0.25) is 0 Å². The molecule has 2 heterocycles. The fourth-order valence-corrected chi connectivity index (χ4v) is 3.00. The molecule has 3 rings (SSSR count). The molecule has 1 fully saturated rings. The molecule has 4 heteroatoms. The van der Waals surface area contributed by atoms with E-state index < -0.39 is 0 Å². The number of ether oxygens (including phenoxy) is 1. The predicted molar refractivity (Wildman–Crippen MR) is 89.3 cm³/mol. The summed E-state index contributed by atoms with van der Waals surface area (Å²) >= 11 is 0. The van der Waals surface area contributed by atoms with Gasteiger partial charge in [0.25, 0.3) is 5.91 Å². The van der Waals surface area contributed by atoms with Crippen LogP contribution in [0.4, 0.5) is 0 Å². The minimum Gasteiger partial charge on any atom is -0.459 e. The summed E-state index contributed by atoms with van der Waals surface area (Å²) in [4.78, 5) is 12.5. The van der Waals surface area contributed by atoms with E-state index in [1.165, 1.54) is 0 Å². The molecule has 4 nitrogen and oxygen atoms in total. The van der Waals surface area contributed by atoms with Gasteiger partial charge in [0, 0.05) is 18.2 Å². The largest absolute Gasteiger partial charge is 0.459 e. The lowest BCUT2D eigenvalue weighted by molar-refractivity contribution is 0.0878. The molecule has 2 atom stereocenters. The van der Waals surface area contributed by atoms with E-state index in [2.05, 4.69) is 5.32 Å². The maximum Gasteiger partial charge on any atom is 0.287 e. The van der Waals surface area contributed by atoms with Gasteiger partial charge in [0.15, 0.2) is 5.76 Å². The van der Waals surface area contributed by atoms with Crippen molar-refractivity contribution in [2.75, 3.05) is 6.61 Å². The molecule has 0 spiro atoms. The molecule has 2 aromatic rings. The molecule has 0 saturated carbocycles. The maximum absolute atomic E-state index is 12.5. The summed E-state index contributed by atoms with van der Waals surface area (Å²) in [5.41, 5.74) is 1.81. The van der Waals surface area contributed by atoms with Crippen LogP contribution in [0.3, 0.4) is 0 Å². The van der Waals surface area contributed by atoms with E-state index in [0.717, 1.165) is 43.4 Å². The second-order valence-corrected chi connectivity index (χ2v) is 6.12. The molecule has 1 saturated heterocycles. The van der Waals surface area contributed by atoms with Crippen LogP contribution in [0.25, 0.3) is 11.1 Å². The first-order valence-corrected chi connectivity index (χ1v) is 8.29. The lowest BCUT2D eigenvalue weighted by Gasteiger charge is -2.16. The van der Waals surface area contributed by atoms with Crippen molar-refractivity contribution < 1.29 is 13.9 Å². The molecular weight excluding hydrogens is 290 g/mol. The fraction of sp³-hybridized carbons (Fsp3) is 0.421. The van der Waals surface area contributed by atoms with Crippen molar-refractivity contribution in [2.24, 2.45) is 0 Å². The Morgan fingerprint density at radius 2 is 2.13 bits per heavy atom. The van der Waals surface area contributed by atoms with Crippen LogP contribution in [0.2, 0.25) is 0 Å². The van der Waals surface area contributed by atoms with E-state index >= 15 is 0 Å². The average Bonchev–Trinajstić information content (AvgIpc) is 3.25. The van der Waals surface area contributed by atoms with E-state index in [0.29, 0.717) is 11.9 Å². The Labute approximate surface area is 136 Å². The van der Waals surface area contributed by atoms with Crippen molar-refractivity contribution in [1.29, 1.82) is 0 Å². The first-order chi connectivity index (χ1) is 11.2. The highest BCUT2D eigenvalue weighted by atomic mass is 16.5. The van der Waals surface area contributed by atoms with Gasteiger partial charge in [-0.2, -0.15) is 0 Å². The summed E-state index contributed by atoms with van der Waals surface area (Å²) in [6, 6.07) is 11.7. The second-order valence-electron chi connectivity index (χ2n) is 6.12. The van der Waals surface area contributed by atoms with Crippen LogP contribution in [0, 0.1) is 0 Å². The van der Waals surface area contributed by atoms with Gasteiger partial charge in [0.1, 0.15) is 0 Å². The van der Waals surface area contributed by atoms with Gasteiger partial charge in [-0.25, -0.2) is 0 Å². The summed E-state index contributed by atoms with van der Waals surface area (Å²) in [6.45, 7) is 2.90. The minimum atomic E-state index is -0.159. The zero-order valence-electron chi connectivity index (χ0n) is 13.5. The van der Waals surface area contributed by atoms with Crippen molar-refractivity contribution in [3.05, 3.63) is 48.4 Å². The first-order valence-electron chi connectivity index (χ1n) is 8.29. The number of amides is 1. The predicted octanol–water partition coefficient (Wildman–Crippen LogP) is 4.02. The number of rotatable bonds is 6. The van der Waals surface area contributed by atoms with Gasteiger partial charge in [-0.3, -0.25) is 4.79 Å². The Hall–Kier alpha value is -2.07. The van der Waals surface area contributed by atoms with Gasteiger partial charge in [0.05, 0.1) is 12.4 Å². The zero-order chi connectivity index (χ0) is 16.1. The SMILES string of the molecule is C[C@H](CC[C@H]1CCCO1)NC(=O)c1occc1-c1ccccc1. The Kier molecular flexibility index (Phi) is 5.13. The lowest BCUT2D eigenvalue weighted by Crippen LogP contribution is -2.33. The topological polar surface area (TPSA) is 51.5 Å². The van der Waals surface area contributed by atoms with Crippen LogP contribution in [0.15, 0.2) is 47.1 Å². The molecule has 1 aromatic carbocycles. The Morgan fingerprint density at radius 1 is 1.30 bits per heavy atom. The molecule has 0 unspecified atom stereocenters. The van der Waals surface area contributed by atoms with Crippen LogP contribution in [0.1, 0.15) is 43.2 Å². The minimum absolute atomic E-state index is 0.0976. The van der Waals surface area contributed by atoms with Gasteiger partial charge < -0.3 is 14.5 Å². The summed E-state index contributed by atoms with van der Waals surface area (Å²) in [7, 11) is 0. The first kappa shape index (κ1) is 15.8. The average molecular weight is 313 g/mol. The molecule has 23 heavy (non-hydrogen) atoms. The molecule has 1 aliphatic rings. The van der Waals surface area contributed by atoms with Crippen molar-refractivity contribution in [3.63, 3.8) is 0 Å². The standard InChI is InChI=1S/C19H23NO3/c1-14(9-10-16-8-5-12-22-16)20-19(21)18-17(11-13-23-18)15-6-3-2-4-7-15/h2-4,6-7,11,13-14,16H,5,8-10,12H2,1H3,(H,20,21)/t14-,16-/m1/s1. The molecule has 122 valence electrons. The van der Waals surface area contributed by atoms with Crippen LogP contribution in [-0.2, 0) is 4.74 Å². The highest BCUT2D eigenvalue weighted by Gasteiger charge is 2.20. The zero-order valence-corrected chi connectivity index (χ0v) is 13.5. The van der Waals surface area contributed by atoms with Crippen molar-refractivity contribution in [3.8, 4) is 11.1 Å². The summed E-state index contributed by atoms with van der Waals surface area (Å²) in [5, 5.41) is 3.03. The number of carbonyl (C=O) groups excluding carboxylic acids is 1. The molecule has 0 bridgehead atoms. The van der Waals surface area contributed by atoms with E-state index in [-0.39, 0.29) is 11.9 Å². The molecular formula is C19H23NO3. The van der Waals surface area contributed by atoms with Crippen molar-refractivity contribution in [1.82, 2.24) is 5.32 Å². The molecule has 0 aliphatic carbocycles. The quantitative estimate of drug-likeness (QED) is 0.876. The molecule has 1 amide bonds. The van der Waals surface area contributed by atoms with Crippen molar-refractivity contribution in [2.45, 2.75) is 44.8 Å². The van der Waals surface area contributed by atoms with Crippen molar-refractivity contribution >= 4 is 5.91 Å². The number of benzene rings is 1. The lowest BCUT2D eigenvalue weighted by atomic mass is 10.0. The molecule has 1 N–H and O–H groups in total. The highest BCUT2D eigenvalue weighted by molar-refractivity contribution is 5.98. The highest BCUT2D eigenvalue weighted by Crippen LogP contribution is 2.25. The van der Waals surface area contributed by atoms with E-state index in [4.69, 9.17) is 9.15 Å². The number of hydrogen-bond acceptors (Lipinski definition) is 3. The Morgan fingerprint density at radius 3 is 2.87 bits per heavy atom. The number of hydrogen-bond donors (Lipinski definition) is 1. The maximum atomic E-state index is 12.5. The summed E-state index contributed by atoms with van der Waals surface area (Å²) in [5.74, 6) is 0.217. The Bertz CT molecular complexity index is 629. The van der Waals surface area contributed by atoms with Gasteiger partial charge in [-0.1, -0.05) is 30.3 Å². The number of furan rings is 1. The Balaban J connectivity index is 1.59. The molecule has 1 aliphatic heterocycles. The normalized spacial score (nSPS) is 18.7. The van der Waals surface area contributed by atoms with E-state index in [1.807, 2.05) is 43.3 Å². The molecule has 0 radical (unpaired) electrons. The number of nitrogens with one attached hydrogen (secondary N) is 1. The van der Waals surface area contributed by atoms with Crippen LogP contribution < -0.4 is 5.32 Å². The van der Waals surface area contributed by atoms with Gasteiger partial charge in [-0.15, -0.1) is 0 Å². The smallest absolute Gasteiger partial charge is 0.287 e. The molecule has 1 aromatic heterocycles. The summed E-state index contributed by atoms with van der Waals surface area (Å²) in [6.07, 6.45) is 6.12. The van der Waals surface area contributed by atoms with E-state index in [1.54, 1.807) is 6.26 Å². The number of carbonyl (C=O) groups is 1. The summed E-state index contributed by atoms with van der Waals surface area (Å²) < 4.78 is 11.0.